The molecule has 0 radical (unpaired) electrons. The average Bonchev–Trinajstić information content (AvgIpc) is 2.51. The first kappa shape index (κ1) is 17.8. The molecule has 1 aromatic carbocycles. The van der Waals surface area contributed by atoms with Gasteiger partial charge in [-0.15, -0.1) is 0 Å². The number of carboxylic acid groups (broad SMARTS) is 1. The summed E-state index contributed by atoms with van der Waals surface area (Å²) in [5.74, 6) is 0. The number of likely N-dealkylation sites (tertiary alicyclic amines) is 1. The lowest BCUT2D eigenvalue weighted by Crippen LogP contribution is -2.52. The summed E-state index contributed by atoms with van der Waals surface area (Å²) in [4.78, 5) is 15.8. The van der Waals surface area contributed by atoms with Crippen LogP contribution in [0.2, 0.25) is 0 Å². The molecule has 23 heavy (non-hydrogen) atoms. The summed E-state index contributed by atoms with van der Waals surface area (Å²) >= 11 is 0. The molecule has 4 nitrogen and oxygen atoms in total. The zero-order chi connectivity index (χ0) is 16.9. The molecular formula is C19H30N2O2. The van der Waals surface area contributed by atoms with Crippen molar-refractivity contribution in [3.05, 3.63) is 35.9 Å². The number of hydrogen-bond acceptors (Lipinski definition) is 2. The molecule has 1 saturated heterocycles. The van der Waals surface area contributed by atoms with Crippen LogP contribution in [0.25, 0.3) is 0 Å². The minimum atomic E-state index is -0.771. The van der Waals surface area contributed by atoms with E-state index < -0.39 is 6.09 Å². The monoisotopic (exact) mass is 318 g/mol. The third kappa shape index (κ3) is 5.24. The molecule has 1 N–H and O–H groups in total. The molecule has 1 heterocycles. The summed E-state index contributed by atoms with van der Waals surface area (Å²) in [6.45, 7) is 9.27. The van der Waals surface area contributed by atoms with Crippen molar-refractivity contribution in [3.63, 3.8) is 0 Å². The first-order chi connectivity index (χ1) is 10.9. The van der Waals surface area contributed by atoms with Crippen LogP contribution >= 0.6 is 0 Å². The minimum absolute atomic E-state index is 0.168. The van der Waals surface area contributed by atoms with E-state index in [0.717, 1.165) is 38.8 Å². The van der Waals surface area contributed by atoms with Crippen LogP contribution in [0, 0.1) is 0 Å². The van der Waals surface area contributed by atoms with Crippen molar-refractivity contribution < 1.29 is 9.90 Å². The van der Waals surface area contributed by atoms with Gasteiger partial charge in [-0.2, -0.15) is 0 Å². The summed E-state index contributed by atoms with van der Waals surface area (Å²) in [7, 11) is 0. The molecule has 0 saturated carbocycles. The number of nitrogens with zero attached hydrogens (tertiary/aromatic N) is 2. The maximum atomic E-state index is 11.6. The number of amides is 1. The third-order valence-corrected chi connectivity index (χ3v) is 4.81. The van der Waals surface area contributed by atoms with Crippen molar-refractivity contribution in [1.29, 1.82) is 0 Å². The zero-order valence-corrected chi connectivity index (χ0v) is 14.7. The topological polar surface area (TPSA) is 43.8 Å². The van der Waals surface area contributed by atoms with Crippen molar-refractivity contribution in [2.45, 2.75) is 58.0 Å². The van der Waals surface area contributed by atoms with Crippen molar-refractivity contribution in [3.8, 4) is 0 Å². The second kappa shape index (κ2) is 7.82. The summed E-state index contributed by atoms with van der Waals surface area (Å²) in [6.07, 6.45) is 2.93. The number of rotatable bonds is 5. The Morgan fingerprint density at radius 2 is 1.83 bits per heavy atom. The van der Waals surface area contributed by atoms with Crippen LogP contribution < -0.4 is 0 Å². The standard InChI is InChI=1S/C19H30N2O2/c1-19(2,3)20-14-11-17(12-15-20)21(18(22)23)13-7-10-16-8-5-4-6-9-16/h4-6,8-9,17H,7,10-15H2,1-3H3,(H,22,23). The largest absolute Gasteiger partial charge is 0.465 e. The van der Waals surface area contributed by atoms with E-state index in [2.05, 4.69) is 37.8 Å². The van der Waals surface area contributed by atoms with Crippen molar-refractivity contribution >= 4 is 6.09 Å². The fourth-order valence-corrected chi connectivity index (χ4v) is 3.38. The highest BCUT2D eigenvalue weighted by molar-refractivity contribution is 5.65. The van der Waals surface area contributed by atoms with Crippen molar-refractivity contribution in [1.82, 2.24) is 9.80 Å². The molecule has 2 rings (SSSR count). The zero-order valence-electron chi connectivity index (χ0n) is 14.7. The van der Waals surface area contributed by atoms with E-state index in [1.165, 1.54) is 5.56 Å². The summed E-state index contributed by atoms with van der Waals surface area (Å²) < 4.78 is 0. The van der Waals surface area contributed by atoms with Crippen LogP contribution in [0.4, 0.5) is 4.79 Å². The fraction of sp³-hybridized carbons (Fsp3) is 0.632. The molecule has 4 heteroatoms. The maximum absolute atomic E-state index is 11.6. The van der Waals surface area contributed by atoms with Gasteiger partial charge in [-0.1, -0.05) is 30.3 Å². The Bertz CT molecular complexity index is 488. The van der Waals surface area contributed by atoms with E-state index in [1.54, 1.807) is 4.90 Å². The summed E-state index contributed by atoms with van der Waals surface area (Å²) in [5, 5.41) is 9.56. The number of benzene rings is 1. The van der Waals surface area contributed by atoms with Crippen LogP contribution in [0.3, 0.4) is 0 Å². The summed E-state index contributed by atoms with van der Waals surface area (Å²) in [5.41, 5.74) is 1.45. The Balaban J connectivity index is 1.84. The molecule has 0 unspecified atom stereocenters. The van der Waals surface area contributed by atoms with Gasteiger partial charge in [0, 0.05) is 31.2 Å². The fourth-order valence-electron chi connectivity index (χ4n) is 3.38. The lowest BCUT2D eigenvalue weighted by Gasteiger charge is -2.43. The van der Waals surface area contributed by atoms with Crippen LogP contribution in [0.5, 0.6) is 0 Å². The predicted molar refractivity (Wildman–Crippen MR) is 93.8 cm³/mol. The number of piperidine rings is 1. The highest BCUT2D eigenvalue weighted by atomic mass is 16.4. The number of carbonyl (C=O) groups is 1. The molecule has 1 fully saturated rings. The smallest absolute Gasteiger partial charge is 0.407 e. The molecule has 0 aromatic heterocycles. The first-order valence-electron chi connectivity index (χ1n) is 8.66. The minimum Gasteiger partial charge on any atom is -0.465 e. The van der Waals surface area contributed by atoms with Crippen molar-refractivity contribution in [2.75, 3.05) is 19.6 Å². The van der Waals surface area contributed by atoms with Gasteiger partial charge in [-0.25, -0.2) is 4.79 Å². The Morgan fingerprint density at radius 3 is 2.35 bits per heavy atom. The second-order valence-corrected chi connectivity index (χ2v) is 7.45. The van der Waals surface area contributed by atoms with E-state index in [9.17, 15) is 9.90 Å². The van der Waals surface area contributed by atoms with Crippen molar-refractivity contribution in [2.24, 2.45) is 0 Å². The third-order valence-electron chi connectivity index (χ3n) is 4.81. The quantitative estimate of drug-likeness (QED) is 0.896. The van der Waals surface area contributed by atoms with E-state index in [1.807, 2.05) is 18.2 Å². The Kier molecular flexibility index (Phi) is 6.05. The maximum Gasteiger partial charge on any atom is 0.407 e. The highest BCUT2D eigenvalue weighted by Gasteiger charge is 2.31. The van der Waals surface area contributed by atoms with Crippen LogP contribution in [0.1, 0.15) is 45.6 Å². The van der Waals surface area contributed by atoms with Gasteiger partial charge in [0.1, 0.15) is 0 Å². The van der Waals surface area contributed by atoms with Gasteiger partial charge in [-0.05, 0) is 52.0 Å². The van der Waals surface area contributed by atoms with E-state index in [0.29, 0.717) is 6.54 Å². The molecule has 0 spiro atoms. The van der Waals surface area contributed by atoms with E-state index in [-0.39, 0.29) is 11.6 Å². The van der Waals surface area contributed by atoms with Gasteiger partial charge in [0.25, 0.3) is 0 Å². The van der Waals surface area contributed by atoms with Crippen LogP contribution in [-0.4, -0.2) is 52.2 Å². The lowest BCUT2D eigenvalue weighted by molar-refractivity contribution is 0.0549. The normalized spacial score (nSPS) is 17.2. The van der Waals surface area contributed by atoms with Gasteiger partial charge in [0.05, 0.1) is 0 Å². The Hall–Kier alpha value is -1.55. The molecule has 1 amide bonds. The molecule has 1 aromatic rings. The Labute approximate surface area is 140 Å². The molecule has 1 aliphatic heterocycles. The van der Waals surface area contributed by atoms with Crippen LogP contribution in [-0.2, 0) is 6.42 Å². The average molecular weight is 318 g/mol. The molecule has 0 atom stereocenters. The molecule has 0 aliphatic carbocycles. The second-order valence-electron chi connectivity index (χ2n) is 7.45. The van der Waals surface area contributed by atoms with Crippen LogP contribution in [0.15, 0.2) is 30.3 Å². The van der Waals surface area contributed by atoms with Gasteiger partial charge in [-0.3, -0.25) is 4.90 Å². The van der Waals surface area contributed by atoms with Gasteiger partial charge < -0.3 is 10.0 Å². The van der Waals surface area contributed by atoms with E-state index in [4.69, 9.17) is 0 Å². The predicted octanol–water partition coefficient (Wildman–Crippen LogP) is 3.86. The van der Waals surface area contributed by atoms with E-state index >= 15 is 0 Å². The Morgan fingerprint density at radius 1 is 1.22 bits per heavy atom. The molecule has 128 valence electrons. The molecule has 0 bridgehead atoms. The first-order valence-corrected chi connectivity index (χ1v) is 8.66. The van der Waals surface area contributed by atoms with Gasteiger partial charge in [0.2, 0.25) is 0 Å². The molecular weight excluding hydrogens is 288 g/mol. The lowest BCUT2D eigenvalue weighted by atomic mass is 9.97. The summed E-state index contributed by atoms with van der Waals surface area (Å²) in [6, 6.07) is 10.5. The SMILES string of the molecule is CC(C)(C)N1CCC(N(CCCc2ccccc2)C(=O)O)CC1. The van der Waals surface area contributed by atoms with Gasteiger partial charge >= 0.3 is 6.09 Å². The molecule has 1 aliphatic rings. The number of hydrogen-bond donors (Lipinski definition) is 1. The number of aryl methyl sites for hydroxylation is 1. The van der Waals surface area contributed by atoms with Gasteiger partial charge in [0.15, 0.2) is 0 Å². The highest BCUT2D eigenvalue weighted by Crippen LogP contribution is 2.23.